The number of aliphatic imine (C=N–C) groups is 1. The van der Waals surface area contributed by atoms with Gasteiger partial charge in [0.05, 0.1) is 0 Å². The van der Waals surface area contributed by atoms with Crippen molar-refractivity contribution < 1.29 is 4.79 Å². The summed E-state index contributed by atoms with van der Waals surface area (Å²) in [5.41, 5.74) is 6.95. The van der Waals surface area contributed by atoms with Gasteiger partial charge in [-0.25, -0.2) is 4.99 Å². The van der Waals surface area contributed by atoms with E-state index >= 15 is 0 Å². The second kappa shape index (κ2) is 7.07. The van der Waals surface area contributed by atoms with Crippen LogP contribution in [0.5, 0.6) is 0 Å². The molecule has 5 nitrogen and oxygen atoms in total. The average Bonchev–Trinajstić information content (AvgIpc) is 2.36. The zero-order valence-corrected chi connectivity index (χ0v) is 11.1. The molecule has 100 valence electrons. The van der Waals surface area contributed by atoms with Gasteiger partial charge in [0, 0.05) is 17.3 Å². The number of hydrogen-bond acceptors (Lipinski definition) is 2. The molecule has 1 rings (SSSR count). The number of guanidine groups is 1. The third-order valence-corrected chi connectivity index (χ3v) is 2.14. The highest BCUT2D eigenvalue weighted by atomic mass is 16.1. The zero-order chi connectivity index (χ0) is 14.3. The van der Waals surface area contributed by atoms with E-state index in [1.165, 1.54) is 0 Å². The molecular formula is C14H18N4O. The highest BCUT2D eigenvalue weighted by Crippen LogP contribution is 2.09. The fourth-order valence-electron chi connectivity index (χ4n) is 1.39. The third kappa shape index (κ3) is 5.59. The zero-order valence-electron chi connectivity index (χ0n) is 11.1. The first-order valence-electron chi connectivity index (χ1n) is 5.94. The minimum atomic E-state index is -0.248. The molecule has 0 spiro atoms. The summed E-state index contributed by atoms with van der Waals surface area (Å²) >= 11 is 0. The molecule has 0 atom stereocenters. The lowest BCUT2D eigenvalue weighted by Gasteiger charge is -2.08. The largest absolute Gasteiger partial charge is 0.370 e. The number of carbonyl (C=O) groups excluding carboxylic acids is 1. The van der Waals surface area contributed by atoms with E-state index < -0.39 is 0 Å². The van der Waals surface area contributed by atoms with Crippen molar-refractivity contribution in [3.63, 3.8) is 0 Å². The highest BCUT2D eigenvalue weighted by Gasteiger charge is 2.02. The van der Waals surface area contributed by atoms with Crippen LogP contribution < -0.4 is 16.4 Å². The van der Waals surface area contributed by atoms with Gasteiger partial charge < -0.3 is 16.4 Å². The Bertz CT molecular complexity index is 514. The standard InChI is InChI=1S/C14H18N4O/c1-4-11-6-5-7-12(8-11)18-13(19)9-16-14(15)17-10(2)3/h1,5-8,10H,9H2,2-3H3,(H,18,19)(H3,15,16,17). The summed E-state index contributed by atoms with van der Waals surface area (Å²) in [6.07, 6.45) is 5.28. The van der Waals surface area contributed by atoms with Gasteiger partial charge in [-0.1, -0.05) is 12.0 Å². The molecule has 0 aliphatic carbocycles. The SMILES string of the molecule is C#Cc1cccc(NC(=O)CN=C(N)NC(C)C)c1. The summed E-state index contributed by atoms with van der Waals surface area (Å²) in [5.74, 6) is 2.51. The number of rotatable bonds is 4. The molecule has 4 N–H and O–H groups in total. The van der Waals surface area contributed by atoms with Crippen LogP contribution in [0, 0.1) is 12.3 Å². The smallest absolute Gasteiger partial charge is 0.246 e. The number of benzene rings is 1. The van der Waals surface area contributed by atoms with Crippen molar-refractivity contribution in [1.82, 2.24) is 5.32 Å². The molecule has 0 aliphatic rings. The van der Waals surface area contributed by atoms with E-state index in [4.69, 9.17) is 12.2 Å². The second-order valence-electron chi connectivity index (χ2n) is 4.27. The van der Waals surface area contributed by atoms with Crippen molar-refractivity contribution in [3.8, 4) is 12.3 Å². The van der Waals surface area contributed by atoms with Gasteiger partial charge in [-0.3, -0.25) is 4.79 Å². The first kappa shape index (κ1) is 14.6. The van der Waals surface area contributed by atoms with Gasteiger partial charge in [0.1, 0.15) is 6.54 Å². The summed E-state index contributed by atoms with van der Waals surface area (Å²) in [5, 5.41) is 5.60. The molecule has 0 saturated heterocycles. The van der Waals surface area contributed by atoms with Crippen LogP contribution in [-0.2, 0) is 4.79 Å². The molecule has 0 unspecified atom stereocenters. The van der Waals surface area contributed by atoms with Crippen LogP contribution >= 0.6 is 0 Å². The summed E-state index contributed by atoms with van der Waals surface area (Å²) < 4.78 is 0. The van der Waals surface area contributed by atoms with E-state index in [1.807, 2.05) is 13.8 Å². The number of hydrogen-bond donors (Lipinski definition) is 3. The number of anilines is 1. The van der Waals surface area contributed by atoms with E-state index in [0.717, 1.165) is 0 Å². The predicted octanol–water partition coefficient (Wildman–Crippen LogP) is 0.919. The molecule has 1 amide bonds. The first-order valence-corrected chi connectivity index (χ1v) is 5.94. The van der Waals surface area contributed by atoms with Crippen LogP contribution in [0.2, 0.25) is 0 Å². The quantitative estimate of drug-likeness (QED) is 0.427. The Morgan fingerprint density at radius 1 is 1.53 bits per heavy atom. The number of nitrogens with zero attached hydrogens (tertiary/aromatic N) is 1. The molecule has 5 heteroatoms. The summed E-state index contributed by atoms with van der Waals surface area (Å²) in [6, 6.07) is 7.23. The lowest BCUT2D eigenvalue weighted by atomic mass is 10.2. The maximum Gasteiger partial charge on any atom is 0.246 e. The molecule has 0 aliphatic heterocycles. The summed E-state index contributed by atoms with van der Waals surface area (Å²) in [7, 11) is 0. The maximum atomic E-state index is 11.6. The molecule has 0 saturated carbocycles. The van der Waals surface area contributed by atoms with Gasteiger partial charge in [0.2, 0.25) is 5.91 Å². The van der Waals surface area contributed by atoms with Gasteiger partial charge >= 0.3 is 0 Å². The molecule has 0 heterocycles. The fraction of sp³-hybridized carbons (Fsp3) is 0.286. The molecule has 0 fully saturated rings. The lowest BCUT2D eigenvalue weighted by molar-refractivity contribution is -0.114. The van der Waals surface area contributed by atoms with Crippen LogP contribution in [0.3, 0.4) is 0 Å². The molecule has 0 bridgehead atoms. The number of nitrogens with two attached hydrogens (primary N) is 1. The molecule has 1 aromatic rings. The van der Waals surface area contributed by atoms with E-state index in [1.54, 1.807) is 24.3 Å². The van der Waals surface area contributed by atoms with Crippen LogP contribution in [0.25, 0.3) is 0 Å². The van der Waals surface area contributed by atoms with Crippen molar-refractivity contribution in [2.24, 2.45) is 10.7 Å². The minimum Gasteiger partial charge on any atom is -0.370 e. The number of carbonyl (C=O) groups is 1. The third-order valence-electron chi connectivity index (χ3n) is 2.14. The van der Waals surface area contributed by atoms with Crippen LogP contribution in [0.1, 0.15) is 19.4 Å². The van der Waals surface area contributed by atoms with Crippen molar-refractivity contribution >= 4 is 17.6 Å². The van der Waals surface area contributed by atoms with Gasteiger partial charge in [-0.2, -0.15) is 0 Å². The van der Waals surface area contributed by atoms with Crippen LogP contribution in [0.4, 0.5) is 5.69 Å². The minimum absolute atomic E-state index is 0.0359. The lowest BCUT2D eigenvalue weighted by Crippen LogP contribution is -2.37. The van der Waals surface area contributed by atoms with Crippen molar-refractivity contribution in [2.45, 2.75) is 19.9 Å². The Kier molecular flexibility index (Phi) is 5.42. The second-order valence-corrected chi connectivity index (χ2v) is 4.27. The number of amides is 1. The molecule has 1 aromatic carbocycles. The van der Waals surface area contributed by atoms with Crippen molar-refractivity contribution in [3.05, 3.63) is 29.8 Å². The molecular weight excluding hydrogens is 240 g/mol. The molecule has 0 radical (unpaired) electrons. The summed E-state index contributed by atoms with van der Waals surface area (Å²) in [4.78, 5) is 15.6. The number of terminal acetylenes is 1. The van der Waals surface area contributed by atoms with Crippen molar-refractivity contribution in [1.29, 1.82) is 0 Å². The average molecular weight is 258 g/mol. The Morgan fingerprint density at radius 2 is 2.26 bits per heavy atom. The first-order chi connectivity index (χ1) is 9.01. The van der Waals surface area contributed by atoms with E-state index in [9.17, 15) is 4.79 Å². The van der Waals surface area contributed by atoms with Gasteiger partial charge in [0.15, 0.2) is 5.96 Å². The topological polar surface area (TPSA) is 79.5 Å². The van der Waals surface area contributed by atoms with Gasteiger partial charge in [-0.15, -0.1) is 6.42 Å². The Hall–Kier alpha value is -2.48. The van der Waals surface area contributed by atoms with Crippen LogP contribution in [0.15, 0.2) is 29.3 Å². The highest BCUT2D eigenvalue weighted by molar-refractivity contribution is 5.94. The van der Waals surface area contributed by atoms with Gasteiger partial charge in [-0.05, 0) is 32.0 Å². The normalized spacial score (nSPS) is 10.9. The Morgan fingerprint density at radius 3 is 2.89 bits per heavy atom. The monoisotopic (exact) mass is 258 g/mol. The van der Waals surface area contributed by atoms with E-state index in [-0.39, 0.29) is 24.5 Å². The van der Waals surface area contributed by atoms with Gasteiger partial charge in [0.25, 0.3) is 0 Å². The Labute approximate surface area is 113 Å². The fourth-order valence-corrected chi connectivity index (χ4v) is 1.39. The summed E-state index contributed by atoms with van der Waals surface area (Å²) in [6.45, 7) is 3.84. The van der Waals surface area contributed by atoms with E-state index in [2.05, 4.69) is 21.5 Å². The Balaban J connectivity index is 2.54. The van der Waals surface area contributed by atoms with Crippen molar-refractivity contribution in [2.75, 3.05) is 11.9 Å². The predicted molar refractivity (Wildman–Crippen MR) is 77.8 cm³/mol. The van der Waals surface area contributed by atoms with E-state index in [0.29, 0.717) is 11.3 Å². The molecule has 0 aromatic heterocycles. The number of nitrogens with one attached hydrogen (secondary N) is 2. The van der Waals surface area contributed by atoms with Crippen LogP contribution in [-0.4, -0.2) is 24.5 Å². The molecule has 19 heavy (non-hydrogen) atoms. The maximum absolute atomic E-state index is 11.6.